The molecule has 20 heavy (non-hydrogen) atoms. The Labute approximate surface area is 116 Å². The Morgan fingerprint density at radius 3 is 2.75 bits per heavy atom. The van der Waals surface area contributed by atoms with Crippen molar-refractivity contribution in [2.75, 3.05) is 11.9 Å². The average molecular weight is 269 g/mol. The van der Waals surface area contributed by atoms with Gasteiger partial charge in [0.15, 0.2) is 0 Å². The highest BCUT2D eigenvalue weighted by molar-refractivity contribution is 5.51. The van der Waals surface area contributed by atoms with Crippen molar-refractivity contribution in [1.82, 2.24) is 10.1 Å². The molecular weight excluding hydrogens is 254 g/mol. The Bertz CT molecular complexity index is 657. The molecule has 0 amide bonds. The summed E-state index contributed by atoms with van der Waals surface area (Å²) in [4.78, 5) is 4.32. The number of hydrogen-bond donors (Lipinski definition) is 1. The van der Waals surface area contributed by atoms with Crippen LogP contribution in [0.1, 0.15) is 11.5 Å². The van der Waals surface area contributed by atoms with Crippen LogP contribution in [-0.4, -0.2) is 16.7 Å². The molecule has 2 aromatic heterocycles. The van der Waals surface area contributed by atoms with Crippen LogP contribution in [0.15, 0.2) is 51.8 Å². The molecule has 0 aliphatic rings. The van der Waals surface area contributed by atoms with Crippen LogP contribution in [-0.2, 0) is 6.42 Å². The van der Waals surface area contributed by atoms with E-state index in [-0.39, 0.29) is 0 Å². The zero-order valence-corrected chi connectivity index (χ0v) is 11.2. The molecule has 1 aromatic carbocycles. The van der Waals surface area contributed by atoms with E-state index in [9.17, 15) is 0 Å². The Kier molecular flexibility index (Phi) is 3.50. The third-order valence-electron chi connectivity index (χ3n) is 2.97. The van der Waals surface area contributed by atoms with Crippen LogP contribution in [0.5, 0.6) is 0 Å². The van der Waals surface area contributed by atoms with Gasteiger partial charge in [-0.1, -0.05) is 22.9 Å². The lowest BCUT2D eigenvalue weighted by Crippen LogP contribution is -2.04. The zero-order valence-electron chi connectivity index (χ0n) is 11.2. The number of benzene rings is 1. The first-order valence-corrected chi connectivity index (χ1v) is 6.47. The minimum absolute atomic E-state index is 0.559. The number of rotatable bonds is 5. The van der Waals surface area contributed by atoms with Crippen molar-refractivity contribution in [2.24, 2.45) is 0 Å². The van der Waals surface area contributed by atoms with E-state index in [0.29, 0.717) is 18.1 Å². The van der Waals surface area contributed by atoms with Crippen molar-refractivity contribution in [3.05, 3.63) is 54.3 Å². The van der Waals surface area contributed by atoms with Gasteiger partial charge in [0.2, 0.25) is 11.7 Å². The van der Waals surface area contributed by atoms with Gasteiger partial charge >= 0.3 is 0 Å². The Hall–Kier alpha value is -2.56. The molecule has 5 heteroatoms. The van der Waals surface area contributed by atoms with Gasteiger partial charge < -0.3 is 14.3 Å². The lowest BCUT2D eigenvalue weighted by atomic mass is 10.2. The molecule has 0 spiro atoms. The molecule has 0 atom stereocenters. The molecule has 1 N–H and O–H groups in total. The summed E-state index contributed by atoms with van der Waals surface area (Å²) >= 11 is 0. The van der Waals surface area contributed by atoms with E-state index in [1.807, 2.05) is 0 Å². The summed E-state index contributed by atoms with van der Waals surface area (Å²) in [5, 5.41) is 7.24. The van der Waals surface area contributed by atoms with Crippen LogP contribution in [0.3, 0.4) is 0 Å². The molecule has 5 nitrogen and oxygen atoms in total. The minimum Gasteiger partial charge on any atom is -0.472 e. The first-order chi connectivity index (χ1) is 9.81. The Morgan fingerprint density at radius 2 is 2.00 bits per heavy atom. The summed E-state index contributed by atoms with van der Waals surface area (Å²) in [7, 11) is 0. The minimum atomic E-state index is 0.559. The molecule has 3 aromatic rings. The van der Waals surface area contributed by atoms with Crippen molar-refractivity contribution in [2.45, 2.75) is 13.3 Å². The fourth-order valence-electron chi connectivity index (χ4n) is 1.85. The molecule has 0 fully saturated rings. The van der Waals surface area contributed by atoms with Gasteiger partial charge in [-0.3, -0.25) is 0 Å². The smallest absolute Gasteiger partial charge is 0.228 e. The topological polar surface area (TPSA) is 64.1 Å². The van der Waals surface area contributed by atoms with E-state index in [1.54, 1.807) is 18.6 Å². The Balaban J connectivity index is 1.55. The van der Waals surface area contributed by atoms with E-state index in [2.05, 4.69) is 46.6 Å². The van der Waals surface area contributed by atoms with E-state index >= 15 is 0 Å². The highest BCUT2D eigenvalue weighted by Gasteiger charge is 2.09. The van der Waals surface area contributed by atoms with Crippen molar-refractivity contribution in [3.63, 3.8) is 0 Å². The van der Waals surface area contributed by atoms with Crippen LogP contribution in [0, 0.1) is 6.92 Å². The molecule has 3 rings (SSSR count). The lowest BCUT2D eigenvalue weighted by molar-refractivity contribution is 0.381. The second-order valence-electron chi connectivity index (χ2n) is 4.57. The van der Waals surface area contributed by atoms with Crippen LogP contribution in [0.4, 0.5) is 5.69 Å². The molecule has 102 valence electrons. The first kappa shape index (κ1) is 12.5. The van der Waals surface area contributed by atoms with Gasteiger partial charge in [0.1, 0.15) is 6.26 Å². The number of aryl methyl sites for hydroxylation is 1. The van der Waals surface area contributed by atoms with Crippen molar-refractivity contribution >= 4 is 5.69 Å². The molecule has 0 bridgehead atoms. The standard InChI is InChI=1S/C15H15N3O2/c1-11-2-4-13(5-3-11)16-8-6-14-17-15(18-20-14)12-7-9-19-10-12/h2-5,7,9-10,16H,6,8H2,1H3. The average Bonchev–Trinajstić information content (AvgIpc) is 3.11. The highest BCUT2D eigenvalue weighted by Crippen LogP contribution is 2.16. The monoisotopic (exact) mass is 269 g/mol. The second-order valence-corrected chi connectivity index (χ2v) is 4.57. The van der Waals surface area contributed by atoms with Gasteiger partial charge in [0.25, 0.3) is 0 Å². The van der Waals surface area contributed by atoms with Crippen molar-refractivity contribution in [3.8, 4) is 11.4 Å². The number of nitrogens with zero attached hydrogens (tertiary/aromatic N) is 2. The molecule has 0 unspecified atom stereocenters. The van der Waals surface area contributed by atoms with E-state index in [0.717, 1.165) is 17.8 Å². The zero-order chi connectivity index (χ0) is 13.8. The van der Waals surface area contributed by atoms with Gasteiger partial charge in [-0.2, -0.15) is 4.98 Å². The fraction of sp³-hybridized carbons (Fsp3) is 0.200. The molecule has 0 saturated heterocycles. The van der Waals surface area contributed by atoms with E-state index < -0.39 is 0 Å². The number of hydrogen-bond acceptors (Lipinski definition) is 5. The summed E-state index contributed by atoms with van der Waals surface area (Å²) in [6.45, 7) is 2.82. The maximum Gasteiger partial charge on any atom is 0.228 e. The fourth-order valence-corrected chi connectivity index (χ4v) is 1.85. The number of aromatic nitrogens is 2. The molecule has 0 aliphatic carbocycles. The number of anilines is 1. The molecule has 0 aliphatic heterocycles. The number of nitrogens with one attached hydrogen (secondary N) is 1. The Morgan fingerprint density at radius 1 is 1.15 bits per heavy atom. The van der Waals surface area contributed by atoms with Gasteiger partial charge in [0, 0.05) is 18.7 Å². The van der Waals surface area contributed by atoms with Gasteiger partial charge in [0.05, 0.1) is 11.8 Å². The predicted molar refractivity (Wildman–Crippen MR) is 75.4 cm³/mol. The van der Waals surface area contributed by atoms with Crippen LogP contribution in [0.2, 0.25) is 0 Å². The van der Waals surface area contributed by atoms with Crippen molar-refractivity contribution < 1.29 is 8.94 Å². The SMILES string of the molecule is Cc1ccc(NCCc2nc(-c3ccoc3)no2)cc1. The number of furan rings is 1. The highest BCUT2D eigenvalue weighted by atomic mass is 16.5. The van der Waals surface area contributed by atoms with Crippen LogP contribution < -0.4 is 5.32 Å². The van der Waals surface area contributed by atoms with Crippen LogP contribution >= 0.6 is 0 Å². The first-order valence-electron chi connectivity index (χ1n) is 6.47. The van der Waals surface area contributed by atoms with Crippen LogP contribution in [0.25, 0.3) is 11.4 Å². The molecule has 2 heterocycles. The van der Waals surface area contributed by atoms with E-state index in [4.69, 9.17) is 8.94 Å². The summed E-state index contributed by atoms with van der Waals surface area (Å²) in [5.41, 5.74) is 3.16. The normalized spacial score (nSPS) is 10.7. The quantitative estimate of drug-likeness (QED) is 0.770. The second kappa shape index (κ2) is 5.61. The largest absolute Gasteiger partial charge is 0.472 e. The van der Waals surface area contributed by atoms with Gasteiger partial charge in [-0.05, 0) is 25.1 Å². The summed E-state index contributed by atoms with van der Waals surface area (Å²) in [6.07, 6.45) is 3.86. The third-order valence-corrected chi connectivity index (χ3v) is 2.97. The summed E-state index contributed by atoms with van der Waals surface area (Å²) < 4.78 is 10.2. The maximum absolute atomic E-state index is 5.20. The van der Waals surface area contributed by atoms with Gasteiger partial charge in [-0.25, -0.2) is 0 Å². The summed E-state index contributed by atoms with van der Waals surface area (Å²) in [5.74, 6) is 1.17. The van der Waals surface area contributed by atoms with Crippen molar-refractivity contribution in [1.29, 1.82) is 0 Å². The molecule has 0 saturated carbocycles. The summed E-state index contributed by atoms with van der Waals surface area (Å²) in [6, 6.07) is 10.1. The molecule has 0 radical (unpaired) electrons. The van der Waals surface area contributed by atoms with Gasteiger partial charge in [-0.15, -0.1) is 0 Å². The maximum atomic E-state index is 5.20. The predicted octanol–water partition coefficient (Wildman–Crippen LogP) is 3.29. The third kappa shape index (κ3) is 2.88. The molecular formula is C15H15N3O2. The van der Waals surface area contributed by atoms with E-state index in [1.165, 1.54) is 5.56 Å². The lowest BCUT2D eigenvalue weighted by Gasteiger charge is -2.04.